The van der Waals surface area contributed by atoms with Crippen LogP contribution in [-0.4, -0.2) is 13.2 Å². The van der Waals surface area contributed by atoms with Crippen molar-refractivity contribution in [2.75, 3.05) is 13.2 Å². The van der Waals surface area contributed by atoms with Gasteiger partial charge in [0.25, 0.3) is 0 Å². The average molecular weight is 855 g/mol. The van der Waals surface area contributed by atoms with Gasteiger partial charge in [-0.1, -0.05) is 72.8 Å². The summed E-state index contributed by atoms with van der Waals surface area (Å²) in [7, 11) is 0. The van der Waals surface area contributed by atoms with Crippen LogP contribution in [0.25, 0.3) is 56.2 Å². The van der Waals surface area contributed by atoms with Crippen LogP contribution < -0.4 is 18.9 Å². The molecule has 6 aromatic carbocycles. The van der Waals surface area contributed by atoms with E-state index < -0.39 is 70.1 Å². The average Bonchev–Trinajstić information content (AvgIpc) is 3.82. The Labute approximate surface area is 355 Å². The van der Waals surface area contributed by atoms with E-state index in [0.717, 1.165) is 44.4 Å². The molecular formula is C46H32F13LiO. The first-order valence-electron chi connectivity index (χ1n) is 17.5. The summed E-state index contributed by atoms with van der Waals surface area (Å²) in [6, 6.07) is 21.0. The third-order valence-electron chi connectivity index (χ3n) is 8.77. The molecule has 7 rings (SSSR count). The molecular weight excluding hydrogens is 822 g/mol. The molecule has 15 heteroatoms. The quantitative estimate of drug-likeness (QED) is 0.0702. The van der Waals surface area contributed by atoms with E-state index in [1.165, 1.54) is 73.5 Å². The molecule has 1 nitrogen and oxygen atoms in total. The minimum absolute atomic E-state index is 0. The van der Waals surface area contributed by atoms with Gasteiger partial charge in [0.2, 0.25) is 0 Å². The molecule has 0 bridgehead atoms. The van der Waals surface area contributed by atoms with Gasteiger partial charge in [-0.3, -0.25) is 0 Å². The molecule has 0 aromatic heterocycles. The molecule has 61 heavy (non-hydrogen) atoms. The molecule has 6 aromatic rings. The summed E-state index contributed by atoms with van der Waals surface area (Å²) in [4.78, 5) is 0. The van der Waals surface area contributed by atoms with Crippen LogP contribution in [0.2, 0.25) is 0 Å². The van der Waals surface area contributed by atoms with E-state index in [-0.39, 0.29) is 59.7 Å². The summed E-state index contributed by atoms with van der Waals surface area (Å²) in [6.45, 7) is 3.00. The standard InChI is InChI=1S/C21H12F6.C20H9F7.C4H8O.CH3.Li/c1-11(22)20(26)13-4-2-12(3-5-13)14-6-7-16(17(23)8-14)15-9-18(24)21(27)19(25)10-15;21-15-7-12(10-1-3-11(4-2-10)18(24)20(26)27)5-6-14(15)13-8-16(22)19(25)17(23)9-13;1-2-4-5-3-1;;/h2-10H,1H3;1-9H;1-4H2;1H3;/q;;;-1;+1/b20-11+;;;;. The predicted octanol–water partition coefficient (Wildman–Crippen LogP) is 12.6. The van der Waals surface area contributed by atoms with E-state index >= 15 is 0 Å². The third-order valence-corrected chi connectivity index (χ3v) is 8.77. The van der Waals surface area contributed by atoms with Gasteiger partial charge in [0.1, 0.15) is 17.5 Å². The molecule has 314 valence electrons. The van der Waals surface area contributed by atoms with Crippen LogP contribution >= 0.6 is 0 Å². The van der Waals surface area contributed by atoms with Crippen molar-refractivity contribution in [2.45, 2.75) is 19.8 Å². The van der Waals surface area contributed by atoms with E-state index in [1.807, 2.05) is 0 Å². The number of hydrogen-bond acceptors (Lipinski definition) is 1. The van der Waals surface area contributed by atoms with Gasteiger partial charge in [-0.25, -0.2) is 48.3 Å². The first kappa shape index (κ1) is 49.8. The molecule has 0 unspecified atom stereocenters. The molecule has 1 aliphatic rings. The van der Waals surface area contributed by atoms with Crippen molar-refractivity contribution in [3.63, 3.8) is 0 Å². The predicted molar refractivity (Wildman–Crippen MR) is 206 cm³/mol. The van der Waals surface area contributed by atoms with Crippen LogP contribution in [-0.2, 0) is 4.74 Å². The van der Waals surface area contributed by atoms with Crippen LogP contribution in [0.1, 0.15) is 30.9 Å². The van der Waals surface area contributed by atoms with Crippen LogP contribution in [0.5, 0.6) is 0 Å². The fourth-order valence-electron chi connectivity index (χ4n) is 5.72. The maximum absolute atomic E-state index is 14.4. The number of allylic oxidation sites excluding steroid dienone is 1. The molecule has 1 saturated heterocycles. The second kappa shape index (κ2) is 22.3. The molecule has 1 aliphatic heterocycles. The smallest absolute Gasteiger partial charge is 0.381 e. The molecule has 0 saturated carbocycles. The van der Waals surface area contributed by atoms with Gasteiger partial charge in [-0.05, 0) is 89.5 Å². The number of halogens is 13. The zero-order valence-electron chi connectivity index (χ0n) is 32.5. The number of rotatable bonds is 6. The van der Waals surface area contributed by atoms with Gasteiger partial charge in [0, 0.05) is 35.5 Å². The summed E-state index contributed by atoms with van der Waals surface area (Å²) in [5, 5.41) is 0. The van der Waals surface area contributed by atoms with Crippen molar-refractivity contribution in [2.24, 2.45) is 0 Å². The van der Waals surface area contributed by atoms with E-state index in [1.54, 1.807) is 0 Å². The summed E-state index contributed by atoms with van der Waals surface area (Å²) < 4.78 is 177. The molecule has 0 amide bonds. The van der Waals surface area contributed by atoms with Crippen LogP contribution in [0.3, 0.4) is 0 Å². The van der Waals surface area contributed by atoms with Crippen molar-refractivity contribution in [1.29, 1.82) is 0 Å². The Bertz CT molecular complexity index is 2280. The van der Waals surface area contributed by atoms with Gasteiger partial charge < -0.3 is 12.2 Å². The Morgan fingerprint density at radius 2 is 0.721 bits per heavy atom. The van der Waals surface area contributed by atoms with E-state index in [0.29, 0.717) is 46.5 Å². The second-order valence-corrected chi connectivity index (χ2v) is 12.8. The minimum atomic E-state index is -2.45. The summed E-state index contributed by atoms with van der Waals surface area (Å²) >= 11 is 0. The first-order chi connectivity index (χ1) is 28.0. The molecule has 0 aliphatic carbocycles. The number of ether oxygens (including phenoxy) is 1. The van der Waals surface area contributed by atoms with Gasteiger partial charge in [-0.15, -0.1) is 0 Å². The third kappa shape index (κ3) is 12.5. The zero-order valence-corrected chi connectivity index (χ0v) is 32.5. The Kier molecular flexibility index (Phi) is 18.2. The van der Waals surface area contributed by atoms with Gasteiger partial charge in [0.05, 0.1) is 0 Å². The second-order valence-electron chi connectivity index (χ2n) is 12.8. The minimum Gasteiger partial charge on any atom is -0.381 e. The van der Waals surface area contributed by atoms with Crippen LogP contribution in [0, 0.1) is 54.0 Å². The molecule has 0 radical (unpaired) electrons. The summed E-state index contributed by atoms with van der Waals surface area (Å²) in [5.41, 5.74) is 0.840. The topological polar surface area (TPSA) is 9.23 Å². The Hall–Kier alpha value is -5.55. The van der Waals surface area contributed by atoms with E-state index in [2.05, 4.69) is 0 Å². The molecule has 1 heterocycles. The van der Waals surface area contributed by atoms with Crippen molar-refractivity contribution in [3.8, 4) is 44.5 Å². The van der Waals surface area contributed by atoms with Crippen molar-refractivity contribution >= 4 is 11.7 Å². The zero-order chi connectivity index (χ0) is 43.0. The Balaban J connectivity index is 0.000000283. The molecule has 1 fully saturated rings. The number of hydrogen-bond donors (Lipinski definition) is 0. The molecule has 0 spiro atoms. The van der Waals surface area contributed by atoms with Crippen molar-refractivity contribution in [1.82, 2.24) is 0 Å². The van der Waals surface area contributed by atoms with Gasteiger partial charge in [-0.2, -0.15) is 8.78 Å². The van der Waals surface area contributed by atoms with E-state index in [9.17, 15) is 57.1 Å². The maximum atomic E-state index is 14.4. The Morgan fingerprint density at radius 1 is 0.410 bits per heavy atom. The monoisotopic (exact) mass is 854 g/mol. The normalized spacial score (nSPS) is 12.1. The van der Waals surface area contributed by atoms with Gasteiger partial charge >= 0.3 is 24.9 Å². The Morgan fingerprint density at radius 3 is 1.00 bits per heavy atom. The van der Waals surface area contributed by atoms with Crippen molar-refractivity contribution < 1.29 is 80.7 Å². The fraction of sp³-hybridized carbons (Fsp3) is 0.109. The summed E-state index contributed by atoms with van der Waals surface area (Å²) in [6.07, 6.45) is 0.108. The summed E-state index contributed by atoms with van der Waals surface area (Å²) in [5.74, 6) is -14.2. The molecule has 0 atom stereocenters. The van der Waals surface area contributed by atoms with Crippen molar-refractivity contribution in [3.05, 3.63) is 186 Å². The van der Waals surface area contributed by atoms with E-state index in [4.69, 9.17) is 4.74 Å². The van der Waals surface area contributed by atoms with Gasteiger partial charge in [0.15, 0.2) is 46.6 Å². The van der Waals surface area contributed by atoms with Crippen LogP contribution in [0.15, 0.2) is 121 Å². The maximum Gasteiger partial charge on any atom is 1.00 e. The molecule has 0 N–H and O–H groups in total. The van der Waals surface area contributed by atoms with Crippen LogP contribution in [0.4, 0.5) is 57.1 Å². The SMILES string of the molecule is C/C(F)=C(\F)c1ccc(-c2ccc(-c3cc(F)c(F)c(F)c3)c(F)c2)cc1.C1CCOC1.FC(F)=C(F)c1ccc(-c2ccc(-c3cc(F)c(F)c(F)c3)c(F)c2)cc1.[CH3-].[Li+]. The fourth-order valence-corrected chi connectivity index (χ4v) is 5.72. The number of benzene rings is 6. The largest absolute Gasteiger partial charge is 1.00 e. The first-order valence-corrected chi connectivity index (χ1v) is 17.5.